The third-order valence-corrected chi connectivity index (χ3v) is 8.48. The van der Waals surface area contributed by atoms with Crippen LogP contribution in [-0.2, 0) is 15.9 Å². The largest absolute Gasteiger partial charge is 0.340 e. The van der Waals surface area contributed by atoms with Crippen molar-refractivity contribution in [2.45, 2.75) is 94.5 Å². The Morgan fingerprint density at radius 1 is 1.00 bits per heavy atom. The summed E-state index contributed by atoms with van der Waals surface area (Å²) in [6.07, 6.45) is 19.3. The molecule has 0 amide bonds. The summed E-state index contributed by atoms with van der Waals surface area (Å²) < 4.78 is 27.9. The highest BCUT2D eigenvalue weighted by Crippen LogP contribution is 2.67. The number of hydrogen-bond donors (Lipinski definition) is 1. The Balaban J connectivity index is 1.27. The van der Waals surface area contributed by atoms with Gasteiger partial charge in [-0.3, -0.25) is 0 Å². The average molecular weight is 424 g/mol. The fourth-order valence-corrected chi connectivity index (χ4v) is 6.69. The molecule has 3 fully saturated rings. The molecule has 1 saturated heterocycles. The number of halogens is 1. The number of rotatable bonds is 6. The Labute approximate surface area is 184 Å². The van der Waals surface area contributed by atoms with Crippen molar-refractivity contribution in [2.24, 2.45) is 11.7 Å². The van der Waals surface area contributed by atoms with E-state index >= 15 is 4.39 Å². The summed E-state index contributed by atoms with van der Waals surface area (Å²) in [6, 6.07) is 3.64. The smallest absolute Gasteiger partial charge is 0.225 e. The van der Waals surface area contributed by atoms with E-state index < -0.39 is 11.4 Å². The van der Waals surface area contributed by atoms with Crippen LogP contribution in [0.25, 0.3) is 11.1 Å². The second-order valence-corrected chi connectivity index (χ2v) is 10.3. The second kappa shape index (κ2) is 7.54. The second-order valence-electron chi connectivity index (χ2n) is 10.3. The van der Waals surface area contributed by atoms with Crippen molar-refractivity contribution in [3.05, 3.63) is 46.8 Å². The van der Waals surface area contributed by atoms with Gasteiger partial charge in [-0.15, -0.1) is 0 Å². The van der Waals surface area contributed by atoms with Crippen LogP contribution in [0.3, 0.4) is 0 Å². The Morgan fingerprint density at radius 3 is 2.48 bits per heavy atom. The van der Waals surface area contributed by atoms with Crippen LogP contribution in [0.15, 0.2) is 24.3 Å². The summed E-state index contributed by atoms with van der Waals surface area (Å²) >= 11 is 0. The van der Waals surface area contributed by atoms with Crippen LogP contribution in [0.2, 0.25) is 0 Å². The predicted octanol–water partition coefficient (Wildman–Crippen LogP) is 5.91. The van der Waals surface area contributed by atoms with Gasteiger partial charge in [-0.05, 0) is 60.4 Å². The highest BCUT2D eigenvalue weighted by Gasteiger charge is 2.75. The van der Waals surface area contributed by atoms with Gasteiger partial charge in [0.05, 0.1) is 6.10 Å². The lowest BCUT2D eigenvalue weighted by atomic mass is 9.67. The van der Waals surface area contributed by atoms with Crippen molar-refractivity contribution < 1.29 is 13.9 Å². The lowest BCUT2D eigenvalue weighted by Gasteiger charge is -2.37. The van der Waals surface area contributed by atoms with Crippen molar-refractivity contribution in [1.82, 2.24) is 0 Å². The minimum Gasteiger partial charge on any atom is -0.340 e. The molecular formula is C27H34FNO2. The van der Waals surface area contributed by atoms with Crippen LogP contribution in [0.5, 0.6) is 0 Å². The molecule has 2 saturated carbocycles. The number of fused-ring (bicyclic) bond motifs is 5. The molecular weight excluding hydrogens is 389 g/mol. The minimum absolute atomic E-state index is 0.152. The summed E-state index contributed by atoms with van der Waals surface area (Å²) in [4.78, 5) is 0. The fourth-order valence-electron chi connectivity index (χ4n) is 6.69. The number of aryl methyl sites for hydroxylation is 1. The van der Waals surface area contributed by atoms with Crippen molar-refractivity contribution in [3.8, 4) is 0 Å². The number of allylic oxidation sites excluding steroid dienone is 2. The maximum absolute atomic E-state index is 15.1. The van der Waals surface area contributed by atoms with Gasteiger partial charge in [0.1, 0.15) is 5.82 Å². The molecule has 6 rings (SSSR count). The molecule has 4 aliphatic carbocycles. The highest BCUT2D eigenvalue weighted by molar-refractivity contribution is 6.14. The fraction of sp³-hybridized carbons (Fsp3) is 0.630. The third-order valence-electron chi connectivity index (χ3n) is 8.48. The standard InChI is InChI=1S/C27H34FNO2/c28-22-14-13-19(12-11-18-7-3-1-4-8-18)23-21-15-16-27(30-20-9-5-2-6-10-20)26(17-29,31-27)25(21)24(22)23/h13-16,18,20H,1-12,17,29H2. The van der Waals surface area contributed by atoms with Crippen molar-refractivity contribution in [2.75, 3.05) is 6.54 Å². The number of nitrogens with two attached hydrogens (primary N) is 1. The Kier molecular flexibility index (Phi) is 4.90. The summed E-state index contributed by atoms with van der Waals surface area (Å²) in [5.74, 6) is -0.130. The topological polar surface area (TPSA) is 47.8 Å². The van der Waals surface area contributed by atoms with Gasteiger partial charge in [0, 0.05) is 17.7 Å². The van der Waals surface area contributed by atoms with E-state index in [1.807, 2.05) is 6.07 Å². The molecule has 5 aliphatic rings. The highest BCUT2D eigenvalue weighted by atomic mass is 19.1. The zero-order valence-corrected chi connectivity index (χ0v) is 18.4. The number of benzene rings is 1. The molecule has 2 unspecified atom stereocenters. The van der Waals surface area contributed by atoms with Crippen LogP contribution in [0, 0.1) is 11.7 Å². The normalized spacial score (nSPS) is 32.3. The third kappa shape index (κ3) is 3.02. The Morgan fingerprint density at radius 2 is 1.74 bits per heavy atom. The average Bonchev–Trinajstić information content (AvgIpc) is 3.44. The summed E-state index contributed by atoms with van der Waals surface area (Å²) in [5, 5.41) is 0. The lowest BCUT2D eigenvalue weighted by molar-refractivity contribution is -0.0742. The van der Waals surface area contributed by atoms with E-state index in [2.05, 4.69) is 12.2 Å². The van der Waals surface area contributed by atoms with Crippen molar-refractivity contribution >= 4 is 11.1 Å². The first-order valence-electron chi connectivity index (χ1n) is 12.5. The zero-order valence-electron chi connectivity index (χ0n) is 18.4. The maximum Gasteiger partial charge on any atom is 0.225 e. The maximum atomic E-state index is 15.1. The first kappa shape index (κ1) is 20.1. The molecule has 0 spiro atoms. The van der Waals surface area contributed by atoms with E-state index in [1.165, 1.54) is 63.4 Å². The van der Waals surface area contributed by atoms with Crippen molar-refractivity contribution in [3.63, 3.8) is 0 Å². The summed E-state index contributed by atoms with van der Waals surface area (Å²) in [5.41, 5.74) is 10.7. The first-order valence-corrected chi connectivity index (χ1v) is 12.5. The van der Waals surface area contributed by atoms with Gasteiger partial charge >= 0.3 is 0 Å². The number of hydrogen-bond acceptors (Lipinski definition) is 3. The van der Waals surface area contributed by atoms with Crippen LogP contribution < -0.4 is 5.73 Å². The summed E-state index contributed by atoms with van der Waals surface area (Å²) in [6.45, 7) is 0.314. The Hall–Kier alpha value is -1.49. The molecule has 2 atom stereocenters. The summed E-state index contributed by atoms with van der Waals surface area (Å²) in [7, 11) is 0. The molecule has 4 heteroatoms. The van der Waals surface area contributed by atoms with Gasteiger partial charge in [0.25, 0.3) is 0 Å². The van der Waals surface area contributed by atoms with E-state index in [9.17, 15) is 0 Å². The lowest BCUT2D eigenvalue weighted by Crippen LogP contribution is -2.42. The van der Waals surface area contributed by atoms with Gasteiger partial charge in [0.2, 0.25) is 5.79 Å². The first-order chi connectivity index (χ1) is 15.2. The monoisotopic (exact) mass is 423 g/mol. The zero-order chi connectivity index (χ0) is 21.1. The van der Waals surface area contributed by atoms with Gasteiger partial charge in [0.15, 0.2) is 5.60 Å². The van der Waals surface area contributed by atoms with Crippen LogP contribution in [0.4, 0.5) is 4.39 Å². The SMILES string of the molecule is NCC12OC1(OC1CCCCC1)C=CC1=C2c2c(F)ccc(CCC3CCCCC3)c21. The number of epoxide rings is 1. The van der Waals surface area contributed by atoms with Gasteiger partial charge in [-0.2, -0.15) is 0 Å². The van der Waals surface area contributed by atoms with E-state index in [1.54, 1.807) is 6.07 Å². The molecule has 1 aromatic carbocycles. The van der Waals surface area contributed by atoms with Gasteiger partial charge < -0.3 is 15.2 Å². The predicted molar refractivity (Wildman–Crippen MR) is 121 cm³/mol. The van der Waals surface area contributed by atoms with Crippen LogP contribution >= 0.6 is 0 Å². The molecule has 3 nitrogen and oxygen atoms in total. The number of ether oxygens (including phenoxy) is 2. The molecule has 31 heavy (non-hydrogen) atoms. The van der Waals surface area contributed by atoms with E-state index in [0.29, 0.717) is 6.54 Å². The molecule has 0 aromatic heterocycles. The van der Waals surface area contributed by atoms with Crippen LogP contribution in [0.1, 0.15) is 87.3 Å². The molecule has 0 radical (unpaired) electrons. The quantitative estimate of drug-likeness (QED) is 0.579. The van der Waals surface area contributed by atoms with E-state index in [4.69, 9.17) is 15.2 Å². The molecule has 2 N–H and O–H groups in total. The van der Waals surface area contributed by atoms with E-state index in [0.717, 1.165) is 47.5 Å². The van der Waals surface area contributed by atoms with Gasteiger partial charge in [-0.25, -0.2) is 4.39 Å². The van der Waals surface area contributed by atoms with Crippen LogP contribution in [-0.4, -0.2) is 24.0 Å². The Bertz CT molecular complexity index is 941. The molecule has 1 aromatic rings. The molecule has 1 heterocycles. The van der Waals surface area contributed by atoms with E-state index in [-0.39, 0.29) is 11.9 Å². The van der Waals surface area contributed by atoms with Gasteiger partial charge in [-0.1, -0.05) is 63.5 Å². The van der Waals surface area contributed by atoms with Crippen molar-refractivity contribution in [1.29, 1.82) is 0 Å². The molecule has 1 aliphatic heterocycles. The molecule has 166 valence electrons. The molecule has 0 bridgehead atoms. The minimum atomic E-state index is -0.801.